The second kappa shape index (κ2) is 18.1. The van der Waals surface area contributed by atoms with Crippen molar-refractivity contribution in [3.63, 3.8) is 0 Å². The van der Waals surface area contributed by atoms with E-state index in [1.807, 2.05) is 91.0 Å². The molecule has 0 unspecified atom stereocenters. The van der Waals surface area contributed by atoms with Crippen molar-refractivity contribution in [2.24, 2.45) is 0 Å². The molecular formula is C45H57NO12Si. The number of imide groups is 1. The molecule has 0 aromatic heterocycles. The van der Waals surface area contributed by atoms with E-state index in [0.29, 0.717) is 11.1 Å². The van der Waals surface area contributed by atoms with Gasteiger partial charge in [-0.1, -0.05) is 112 Å². The summed E-state index contributed by atoms with van der Waals surface area (Å²) in [5.41, 5.74) is 3.13. The molecule has 4 aliphatic heterocycles. The summed E-state index contributed by atoms with van der Waals surface area (Å²) in [6.45, 7) is 14.0. The topological polar surface area (TPSA) is 152 Å². The zero-order valence-electron chi connectivity index (χ0n) is 34.8. The number of benzene rings is 3. The second-order valence-electron chi connectivity index (χ2n) is 17.2. The van der Waals surface area contributed by atoms with Crippen LogP contribution < -0.4 is 0 Å². The molecule has 318 valence electrons. The van der Waals surface area contributed by atoms with Crippen molar-refractivity contribution >= 4 is 20.1 Å². The minimum atomic E-state index is -2.68. The van der Waals surface area contributed by atoms with Gasteiger partial charge in [-0.2, -0.15) is 0 Å². The summed E-state index contributed by atoms with van der Waals surface area (Å²) >= 11 is 0. The van der Waals surface area contributed by atoms with Crippen LogP contribution in [0.3, 0.4) is 0 Å². The van der Waals surface area contributed by atoms with E-state index < -0.39 is 87.8 Å². The molecule has 4 heterocycles. The summed E-state index contributed by atoms with van der Waals surface area (Å²) in [4.78, 5) is 29.5. The smallest absolute Gasteiger partial charge is 0.257 e. The molecule has 3 saturated heterocycles. The Morgan fingerprint density at radius 2 is 1.32 bits per heavy atom. The molecule has 2 amide bonds. The standard InChI is InChI=1S/C45H57NO12Si/c1-27-28(2)41(50)46(40(27)49)34-39(52-24-30-19-13-9-14-20-30)38(32(25-51-23-29-17-11-8-12-18-29)54-43(34)58-59(6,7)45(3,4)5)57-44-36(48)35(47)37-33(55-44)26-53-42(56-37)31-21-15-10-16-22-31/h8-22,32-39,42-44,47-48H,23-26H2,1-7H3/t32-,33-,34-,35-,36-,37+,38-,39-,42+,43+,44+/m1/s1. The lowest BCUT2D eigenvalue weighted by Crippen LogP contribution is -2.70. The molecule has 13 nitrogen and oxygen atoms in total. The van der Waals surface area contributed by atoms with E-state index in [1.165, 1.54) is 4.90 Å². The molecule has 59 heavy (non-hydrogen) atoms. The number of carbonyl (C=O) groups is 2. The molecule has 0 saturated carbocycles. The van der Waals surface area contributed by atoms with E-state index in [4.69, 9.17) is 37.6 Å². The first-order chi connectivity index (χ1) is 28.1. The normalized spacial score (nSPS) is 31.7. The molecule has 3 aromatic rings. The molecule has 0 aliphatic carbocycles. The first-order valence-corrected chi connectivity index (χ1v) is 23.2. The zero-order valence-corrected chi connectivity index (χ0v) is 35.8. The van der Waals surface area contributed by atoms with E-state index in [9.17, 15) is 19.8 Å². The van der Waals surface area contributed by atoms with Crippen LogP contribution in [0.4, 0.5) is 0 Å². The molecule has 0 spiro atoms. The fourth-order valence-electron chi connectivity index (χ4n) is 7.52. The molecule has 0 bridgehead atoms. The van der Waals surface area contributed by atoms with Crippen molar-refractivity contribution in [2.45, 2.75) is 134 Å². The second-order valence-corrected chi connectivity index (χ2v) is 22.0. The number of hydrogen-bond donors (Lipinski definition) is 2. The monoisotopic (exact) mass is 831 g/mol. The van der Waals surface area contributed by atoms with Gasteiger partial charge in [0.25, 0.3) is 11.8 Å². The predicted octanol–water partition coefficient (Wildman–Crippen LogP) is 5.56. The number of fused-ring (bicyclic) bond motifs is 1. The van der Waals surface area contributed by atoms with Crippen LogP contribution in [-0.4, -0.2) is 110 Å². The van der Waals surface area contributed by atoms with Crippen LogP contribution in [0.5, 0.6) is 0 Å². The lowest BCUT2D eigenvalue weighted by Gasteiger charge is -2.52. The highest BCUT2D eigenvalue weighted by Gasteiger charge is 2.59. The maximum atomic E-state index is 14.1. The lowest BCUT2D eigenvalue weighted by molar-refractivity contribution is -0.382. The average Bonchev–Trinajstić information content (AvgIpc) is 3.41. The first kappa shape index (κ1) is 43.4. The van der Waals surface area contributed by atoms with Crippen molar-refractivity contribution < 1.29 is 57.4 Å². The molecule has 0 radical (unpaired) electrons. The fraction of sp³-hybridized carbons (Fsp3) is 0.511. The number of ether oxygens (including phenoxy) is 7. The zero-order chi connectivity index (χ0) is 42.1. The van der Waals surface area contributed by atoms with Gasteiger partial charge in [0.2, 0.25) is 0 Å². The summed E-state index contributed by atoms with van der Waals surface area (Å²) in [6, 6.07) is 27.3. The van der Waals surface area contributed by atoms with Crippen LogP contribution in [0, 0.1) is 0 Å². The summed E-state index contributed by atoms with van der Waals surface area (Å²) in [7, 11) is -2.68. The number of amides is 2. The Balaban J connectivity index is 1.26. The van der Waals surface area contributed by atoms with Crippen molar-refractivity contribution in [1.29, 1.82) is 0 Å². The number of aliphatic hydroxyl groups excluding tert-OH is 2. The minimum absolute atomic E-state index is 0.0323. The Hall–Kier alpha value is -3.64. The molecule has 11 atom stereocenters. The van der Waals surface area contributed by atoms with Gasteiger partial charge in [0.05, 0.1) is 26.4 Å². The van der Waals surface area contributed by atoms with Gasteiger partial charge in [-0.05, 0) is 43.1 Å². The van der Waals surface area contributed by atoms with E-state index in [-0.39, 0.29) is 31.5 Å². The molecule has 4 aliphatic rings. The quantitative estimate of drug-likeness (QED) is 0.164. The van der Waals surface area contributed by atoms with Crippen LogP contribution in [0.1, 0.15) is 57.6 Å². The molecule has 3 fully saturated rings. The molecular weight excluding hydrogens is 775 g/mol. The van der Waals surface area contributed by atoms with Crippen LogP contribution >= 0.6 is 0 Å². The van der Waals surface area contributed by atoms with Gasteiger partial charge in [-0.25, -0.2) is 0 Å². The van der Waals surface area contributed by atoms with Gasteiger partial charge >= 0.3 is 0 Å². The Kier molecular flexibility index (Phi) is 13.4. The summed E-state index contributed by atoms with van der Waals surface area (Å²) < 4.78 is 52.4. The molecule has 14 heteroatoms. The maximum absolute atomic E-state index is 14.1. The number of aliphatic hydroxyl groups is 2. The van der Waals surface area contributed by atoms with Crippen LogP contribution in [0.25, 0.3) is 0 Å². The Morgan fingerprint density at radius 3 is 1.92 bits per heavy atom. The Labute approximate surface area is 347 Å². The van der Waals surface area contributed by atoms with Crippen molar-refractivity contribution in [2.75, 3.05) is 13.2 Å². The van der Waals surface area contributed by atoms with E-state index in [0.717, 1.165) is 16.7 Å². The predicted molar refractivity (Wildman–Crippen MR) is 218 cm³/mol. The van der Waals surface area contributed by atoms with Gasteiger partial charge in [0.1, 0.15) is 48.8 Å². The number of rotatable bonds is 13. The average molecular weight is 832 g/mol. The van der Waals surface area contributed by atoms with Gasteiger partial charge in [-0.15, -0.1) is 0 Å². The van der Waals surface area contributed by atoms with E-state index in [2.05, 4.69) is 33.9 Å². The lowest BCUT2D eigenvalue weighted by atomic mass is 9.93. The highest BCUT2D eigenvalue weighted by Crippen LogP contribution is 2.43. The van der Waals surface area contributed by atoms with Gasteiger partial charge < -0.3 is 47.8 Å². The third-order valence-electron chi connectivity index (χ3n) is 12.1. The molecule has 3 aromatic carbocycles. The van der Waals surface area contributed by atoms with Gasteiger partial charge in [0.15, 0.2) is 27.2 Å². The van der Waals surface area contributed by atoms with Crippen LogP contribution in [0.2, 0.25) is 18.1 Å². The van der Waals surface area contributed by atoms with Crippen molar-refractivity contribution in [1.82, 2.24) is 4.90 Å². The third kappa shape index (κ3) is 9.33. The highest BCUT2D eigenvalue weighted by atomic mass is 28.4. The van der Waals surface area contributed by atoms with Crippen LogP contribution in [0.15, 0.2) is 102 Å². The first-order valence-electron chi connectivity index (χ1n) is 20.3. The number of hydrogen-bond acceptors (Lipinski definition) is 12. The molecule has 7 rings (SSSR count). The fourth-order valence-corrected chi connectivity index (χ4v) is 8.65. The van der Waals surface area contributed by atoms with Crippen LogP contribution in [-0.2, 0) is 60.4 Å². The molecule has 2 N–H and O–H groups in total. The summed E-state index contributed by atoms with van der Waals surface area (Å²) in [6.07, 6.45) is -11.3. The maximum Gasteiger partial charge on any atom is 0.257 e. The van der Waals surface area contributed by atoms with Gasteiger partial charge in [-0.3, -0.25) is 14.5 Å². The van der Waals surface area contributed by atoms with Crippen molar-refractivity contribution in [3.8, 4) is 0 Å². The Morgan fingerprint density at radius 1 is 0.746 bits per heavy atom. The minimum Gasteiger partial charge on any atom is -0.391 e. The van der Waals surface area contributed by atoms with Gasteiger partial charge in [0, 0.05) is 16.7 Å². The third-order valence-corrected chi connectivity index (χ3v) is 16.6. The number of nitrogens with zero attached hydrogens (tertiary/aromatic N) is 1. The Bertz CT molecular complexity index is 1900. The summed E-state index contributed by atoms with van der Waals surface area (Å²) in [5.74, 6) is -0.986. The van der Waals surface area contributed by atoms with Crippen molar-refractivity contribution in [3.05, 3.63) is 119 Å². The largest absolute Gasteiger partial charge is 0.391 e. The van der Waals surface area contributed by atoms with E-state index in [1.54, 1.807) is 13.8 Å². The summed E-state index contributed by atoms with van der Waals surface area (Å²) in [5, 5.41) is 23.0. The highest BCUT2D eigenvalue weighted by molar-refractivity contribution is 6.74. The SMILES string of the molecule is CC1=C(C)C(=O)N([C@H]2[C@H](O[Si](C)(C)C(C)(C)C)O[C@H](COCc3ccccc3)[C@@H](O[C@@H]3O[C@@H]4CO[C@H](c5ccccc5)O[C@@H]4[C@H](O)[C@H]3O)[C@@H]2OCc2ccccc2)C1=O. The van der Waals surface area contributed by atoms with E-state index >= 15 is 0 Å². The number of carbonyl (C=O) groups excluding carboxylic acids is 2.